The lowest BCUT2D eigenvalue weighted by Gasteiger charge is -2.36. The van der Waals surface area contributed by atoms with Gasteiger partial charge in [-0.25, -0.2) is 4.79 Å². The monoisotopic (exact) mass is 710 g/mol. The summed E-state index contributed by atoms with van der Waals surface area (Å²) in [6.45, 7) is 28.4. The van der Waals surface area contributed by atoms with Crippen molar-refractivity contribution in [3.63, 3.8) is 0 Å². The molecule has 0 saturated carbocycles. The van der Waals surface area contributed by atoms with E-state index in [-0.39, 0.29) is 39.1 Å². The molecule has 0 aliphatic rings. The second-order valence-corrected chi connectivity index (χ2v) is 19.9. The van der Waals surface area contributed by atoms with Crippen LogP contribution in [0.25, 0.3) is 11.1 Å². The number of hydrogen-bond donors (Lipinski definition) is 1. The maximum Gasteiger partial charge on any atom is 0.344 e. The molecule has 0 spiro atoms. The fourth-order valence-electron chi connectivity index (χ4n) is 6.73. The van der Waals surface area contributed by atoms with Gasteiger partial charge in [0.05, 0.1) is 5.56 Å². The minimum Gasteiger partial charge on any atom is -0.423 e. The molecular weight excluding hydrogens is 653 g/mol. The molecule has 0 bridgehead atoms. The van der Waals surface area contributed by atoms with Gasteiger partial charge in [0.15, 0.2) is 0 Å². The zero-order valence-corrected chi connectivity index (χ0v) is 33.7. The van der Waals surface area contributed by atoms with Crippen molar-refractivity contribution in [2.75, 3.05) is 0 Å². The molecule has 4 aromatic rings. The van der Waals surface area contributed by atoms with Crippen LogP contribution in [0.3, 0.4) is 0 Å². The summed E-state index contributed by atoms with van der Waals surface area (Å²) >= 11 is 0. The second-order valence-electron chi connectivity index (χ2n) is 18.5. The van der Waals surface area contributed by atoms with E-state index in [1.165, 1.54) is 23.3 Å². The molecule has 1 N–H and O–H groups in total. The molecule has 4 aromatic carbocycles. The number of carbonyl (C=O) groups excluding carboxylic acids is 1. The van der Waals surface area contributed by atoms with Crippen LogP contribution in [-0.4, -0.2) is 18.9 Å². The molecule has 0 aliphatic heterocycles. The SMILES string of the molecule is CC(c1ccc(C(C)(C)C)cc1)c1ccc(C(C)(C)C)c(-c2ccc(C(=O)Oc3ccc(C(CC(C)(C)C)C(C)(C)C)cc3)c(S(=O)(=O)O)c2)c1. The van der Waals surface area contributed by atoms with Crippen molar-refractivity contribution < 1.29 is 22.5 Å². The van der Waals surface area contributed by atoms with Crippen LogP contribution in [0.2, 0.25) is 0 Å². The van der Waals surface area contributed by atoms with Gasteiger partial charge in [0.2, 0.25) is 0 Å². The van der Waals surface area contributed by atoms with E-state index in [1.807, 2.05) is 12.1 Å². The Morgan fingerprint density at radius 1 is 0.686 bits per heavy atom. The maximum atomic E-state index is 13.5. The van der Waals surface area contributed by atoms with Gasteiger partial charge in [-0.2, -0.15) is 8.42 Å². The van der Waals surface area contributed by atoms with Gasteiger partial charge >= 0.3 is 5.97 Å². The molecule has 0 fully saturated rings. The standard InChI is InChI=1S/C45H58O5S/c1-29(30-14-20-34(21-15-30)43(5,6)7)32-19-25-38(44(8,9)10)37(26-32)33-18-24-36(40(27-33)51(47,48)49)41(46)50-35-22-16-31(17-23-35)39(45(11,12)13)28-42(2,3)4/h14-27,29,39H,28H2,1-13H3,(H,47,48,49). The molecule has 51 heavy (non-hydrogen) atoms. The van der Waals surface area contributed by atoms with Gasteiger partial charge < -0.3 is 4.74 Å². The van der Waals surface area contributed by atoms with Gasteiger partial charge in [-0.1, -0.05) is 151 Å². The van der Waals surface area contributed by atoms with Crippen LogP contribution in [0.1, 0.15) is 146 Å². The zero-order valence-electron chi connectivity index (χ0n) is 32.9. The van der Waals surface area contributed by atoms with E-state index >= 15 is 0 Å². The highest BCUT2D eigenvalue weighted by Crippen LogP contribution is 2.44. The van der Waals surface area contributed by atoms with Crippen molar-refractivity contribution >= 4 is 16.1 Å². The first kappa shape index (κ1) is 40.0. The largest absolute Gasteiger partial charge is 0.423 e. The van der Waals surface area contributed by atoms with Gasteiger partial charge in [0.25, 0.3) is 10.1 Å². The summed E-state index contributed by atoms with van der Waals surface area (Å²) in [7, 11) is -4.79. The Morgan fingerprint density at radius 3 is 1.73 bits per heavy atom. The highest BCUT2D eigenvalue weighted by molar-refractivity contribution is 7.86. The van der Waals surface area contributed by atoms with E-state index < -0.39 is 21.0 Å². The van der Waals surface area contributed by atoms with Gasteiger partial charge in [-0.15, -0.1) is 0 Å². The normalized spacial score (nSPS) is 14.2. The van der Waals surface area contributed by atoms with Crippen LogP contribution in [0.4, 0.5) is 0 Å². The Labute approximate surface area is 307 Å². The molecule has 0 aromatic heterocycles. The highest BCUT2D eigenvalue weighted by Gasteiger charge is 2.31. The molecule has 0 amide bonds. The van der Waals surface area contributed by atoms with Crippen LogP contribution in [0.15, 0.2) is 89.8 Å². The highest BCUT2D eigenvalue weighted by atomic mass is 32.2. The maximum absolute atomic E-state index is 13.5. The molecule has 4 rings (SSSR count). The minimum absolute atomic E-state index is 0.0275. The first-order valence-corrected chi connectivity index (χ1v) is 19.4. The fourth-order valence-corrected chi connectivity index (χ4v) is 7.43. The molecule has 0 aliphatic carbocycles. The van der Waals surface area contributed by atoms with Crippen LogP contribution in [0.5, 0.6) is 5.75 Å². The van der Waals surface area contributed by atoms with Crippen molar-refractivity contribution in [1.29, 1.82) is 0 Å². The number of esters is 1. The first-order valence-electron chi connectivity index (χ1n) is 17.9. The van der Waals surface area contributed by atoms with Crippen molar-refractivity contribution in [1.82, 2.24) is 0 Å². The summed E-state index contributed by atoms with van der Waals surface area (Å²) in [6, 6.07) is 27.0. The summed E-state index contributed by atoms with van der Waals surface area (Å²) in [5.74, 6) is -0.207. The summed E-state index contributed by atoms with van der Waals surface area (Å²) < 4.78 is 41.7. The fraction of sp³-hybridized carbons (Fsp3) is 0.444. The van der Waals surface area contributed by atoms with E-state index in [0.29, 0.717) is 11.3 Å². The zero-order chi connectivity index (χ0) is 38.3. The summed E-state index contributed by atoms with van der Waals surface area (Å²) in [5, 5.41) is 0. The van der Waals surface area contributed by atoms with Crippen molar-refractivity contribution in [3.05, 3.63) is 118 Å². The molecule has 0 radical (unpaired) electrons. The van der Waals surface area contributed by atoms with Crippen LogP contribution < -0.4 is 4.74 Å². The smallest absolute Gasteiger partial charge is 0.344 e. The number of rotatable bonds is 8. The first-order chi connectivity index (χ1) is 23.3. The predicted molar refractivity (Wildman–Crippen MR) is 211 cm³/mol. The van der Waals surface area contributed by atoms with E-state index in [4.69, 9.17) is 4.74 Å². The molecule has 6 heteroatoms. The number of carbonyl (C=O) groups is 1. The Kier molecular flexibility index (Phi) is 11.3. The van der Waals surface area contributed by atoms with Gasteiger partial charge in [-0.3, -0.25) is 4.55 Å². The third kappa shape index (κ3) is 9.99. The van der Waals surface area contributed by atoms with E-state index in [9.17, 15) is 17.8 Å². The summed E-state index contributed by atoms with van der Waals surface area (Å²) in [5.41, 5.74) is 6.79. The van der Waals surface area contributed by atoms with Crippen LogP contribution in [-0.2, 0) is 20.9 Å². The average Bonchev–Trinajstić information content (AvgIpc) is 3.01. The Bertz CT molecular complexity index is 1960. The van der Waals surface area contributed by atoms with E-state index in [1.54, 1.807) is 18.2 Å². The van der Waals surface area contributed by atoms with Crippen LogP contribution in [0, 0.1) is 10.8 Å². The van der Waals surface area contributed by atoms with Crippen molar-refractivity contribution in [2.24, 2.45) is 10.8 Å². The molecule has 0 saturated heterocycles. The quantitative estimate of drug-likeness (QED) is 0.112. The number of ether oxygens (including phenoxy) is 1. The molecule has 0 heterocycles. The second kappa shape index (κ2) is 14.4. The van der Waals surface area contributed by atoms with Gasteiger partial charge in [0.1, 0.15) is 10.6 Å². The minimum atomic E-state index is -4.79. The van der Waals surface area contributed by atoms with E-state index in [0.717, 1.165) is 28.7 Å². The Balaban J connectivity index is 1.71. The lowest BCUT2D eigenvalue weighted by atomic mass is 9.69. The molecule has 2 atom stereocenters. The average molecular weight is 711 g/mol. The molecule has 274 valence electrons. The predicted octanol–water partition coefficient (Wildman–Crippen LogP) is 12.1. The molecular formula is C45H58O5S. The number of hydrogen-bond acceptors (Lipinski definition) is 4. The third-order valence-corrected chi connectivity index (χ3v) is 10.7. The summed E-state index contributed by atoms with van der Waals surface area (Å²) in [4.78, 5) is 13.0. The summed E-state index contributed by atoms with van der Waals surface area (Å²) in [6.07, 6.45) is 0.989. The topological polar surface area (TPSA) is 80.7 Å². The van der Waals surface area contributed by atoms with E-state index in [2.05, 4.69) is 132 Å². The van der Waals surface area contributed by atoms with Crippen LogP contribution >= 0.6 is 0 Å². The number of benzene rings is 4. The Hall–Kier alpha value is -3.74. The van der Waals surface area contributed by atoms with Gasteiger partial charge in [-0.05, 0) is 97.2 Å². The third-order valence-electron chi connectivity index (χ3n) is 9.77. The molecule has 5 nitrogen and oxygen atoms in total. The van der Waals surface area contributed by atoms with Crippen molar-refractivity contribution in [2.45, 2.75) is 124 Å². The lowest BCUT2D eigenvalue weighted by Crippen LogP contribution is -2.23. The lowest BCUT2D eigenvalue weighted by molar-refractivity contribution is 0.0730. The van der Waals surface area contributed by atoms with Crippen molar-refractivity contribution in [3.8, 4) is 16.9 Å². The Morgan fingerprint density at radius 2 is 1.24 bits per heavy atom. The molecule has 2 unspecified atom stereocenters. The van der Waals surface area contributed by atoms with Gasteiger partial charge in [0, 0.05) is 5.92 Å².